The first-order valence-electron chi connectivity index (χ1n) is 4.78. The van der Waals surface area contributed by atoms with Crippen molar-refractivity contribution in [2.45, 2.75) is 48.0 Å². The molecule has 0 unspecified atom stereocenters. The molecule has 12 heavy (non-hydrogen) atoms. The number of hydrogen-bond donors (Lipinski definition) is 0. The minimum absolute atomic E-state index is 0.269. The Morgan fingerprint density at radius 3 is 1.92 bits per heavy atom. The molecule has 0 aliphatic carbocycles. The van der Waals surface area contributed by atoms with Crippen molar-refractivity contribution in [1.29, 1.82) is 0 Å². The summed E-state index contributed by atoms with van der Waals surface area (Å²) in [7, 11) is 0. The lowest BCUT2D eigenvalue weighted by Gasteiger charge is -2.18. The summed E-state index contributed by atoms with van der Waals surface area (Å²) >= 11 is 0. The highest BCUT2D eigenvalue weighted by Crippen LogP contribution is 2.18. The van der Waals surface area contributed by atoms with Crippen LogP contribution in [0.4, 0.5) is 0 Å². The molecule has 0 amide bonds. The predicted molar refractivity (Wildman–Crippen MR) is 56.9 cm³/mol. The average Bonchev–Trinajstić information content (AvgIpc) is 1.84. The molecule has 0 N–H and O–H groups in total. The molecule has 0 aliphatic heterocycles. The molecule has 0 aliphatic rings. The first-order valence-corrected chi connectivity index (χ1v) is 4.78. The van der Waals surface area contributed by atoms with Crippen molar-refractivity contribution in [2.24, 2.45) is 15.8 Å². The Kier molecular flexibility index (Phi) is 3.95. The van der Waals surface area contributed by atoms with E-state index in [1.807, 2.05) is 0 Å². The SMILES string of the molecule is CCC(C)(C)/C=N\CC(C)(C)C. The summed E-state index contributed by atoms with van der Waals surface area (Å²) in [4.78, 5) is 4.46. The molecule has 0 aromatic rings. The minimum atomic E-state index is 0.269. The third-order valence-corrected chi connectivity index (χ3v) is 1.92. The topological polar surface area (TPSA) is 12.4 Å². The smallest absolute Gasteiger partial charge is 0.0434 e. The van der Waals surface area contributed by atoms with Crippen LogP contribution >= 0.6 is 0 Å². The van der Waals surface area contributed by atoms with E-state index < -0.39 is 0 Å². The monoisotopic (exact) mass is 169 g/mol. The van der Waals surface area contributed by atoms with Gasteiger partial charge in [0.15, 0.2) is 0 Å². The van der Waals surface area contributed by atoms with E-state index in [0.29, 0.717) is 5.41 Å². The Morgan fingerprint density at radius 2 is 1.58 bits per heavy atom. The second kappa shape index (κ2) is 4.06. The summed E-state index contributed by atoms with van der Waals surface area (Å²) < 4.78 is 0. The number of aliphatic imine (C=N–C) groups is 1. The van der Waals surface area contributed by atoms with E-state index in [9.17, 15) is 0 Å². The van der Waals surface area contributed by atoms with E-state index in [-0.39, 0.29) is 5.41 Å². The van der Waals surface area contributed by atoms with E-state index in [4.69, 9.17) is 0 Å². The zero-order valence-electron chi connectivity index (χ0n) is 9.44. The standard InChI is InChI=1S/C11H23N/c1-7-11(5,6)9-12-8-10(2,3)4/h9H,7-8H2,1-6H3/b12-9-. The van der Waals surface area contributed by atoms with E-state index in [0.717, 1.165) is 13.0 Å². The predicted octanol–water partition coefficient (Wildman–Crippen LogP) is 3.54. The maximum absolute atomic E-state index is 4.46. The highest BCUT2D eigenvalue weighted by molar-refractivity contribution is 5.64. The summed E-state index contributed by atoms with van der Waals surface area (Å²) in [6, 6.07) is 0. The molecule has 0 bridgehead atoms. The molecule has 0 saturated carbocycles. The normalized spacial score (nSPS) is 14.2. The van der Waals surface area contributed by atoms with Crippen LogP contribution in [-0.4, -0.2) is 12.8 Å². The van der Waals surface area contributed by atoms with Crippen molar-refractivity contribution < 1.29 is 0 Å². The van der Waals surface area contributed by atoms with Crippen molar-refractivity contribution in [3.8, 4) is 0 Å². The maximum atomic E-state index is 4.46. The second-order valence-electron chi connectivity index (χ2n) is 5.37. The number of hydrogen-bond acceptors (Lipinski definition) is 1. The van der Waals surface area contributed by atoms with E-state index in [1.54, 1.807) is 0 Å². The Morgan fingerprint density at radius 1 is 1.08 bits per heavy atom. The van der Waals surface area contributed by atoms with Gasteiger partial charge in [0.2, 0.25) is 0 Å². The van der Waals surface area contributed by atoms with Crippen molar-refractivity contribution in [1.82, 2.24) is 0 Å². The second-order valence-corrected chi connectivity index (χ2v) is 5.37. The van der Waals surface area contributed by atoms with Gasteiger partial charge in [0.05, 0.1) is 0 Å². The lowest BCUT2D eigenvalue weighted by atomic mass is 9.91. The van der Waals surface area contributed by atoms with Crippen LogP contribution in [0.15, 0.2) is 4.99 Å². The Labute approximate surface area is 77.3 Å². The number of nitrogens with zero attached hydrogens (tertiary/aromatic N) is 1. The molecule has 0 radical (unpaired) electrons. The number of rotatable bonds is 3. The van der Waals surface area contributed by atoms with Crippen LogP contribution in [-0.2, 0) is 0 Å². The summed E-state index contributed by atoms with van der Waals surface area (Å²) in [5, 5.41) is 0. The van der Waals surface area contributed by atoms with Gasteiger partial charge in [-0.2, -0.15) is 0 Å². The van der Waals surface area contributed by atoms with Crippen LogP contribution in [0.1, 0.15) is 48.0 Å². The fraction of sp³-hybridized carbons (Fsp3) is 0.909. The average molecular weight is 169 g/mol. The summed E-state index contributed by atoms with van der Waals surface area (Å²) in [6.07, 6.45) is 3.25. The molecule has 0 heterocycles. The molecular formula is C11H23N. The largest absolute Gasteiger partial charge is 0.296 e. The molecule has 0 rings (SSSR count). The van der Waals surface area contributed by atoms with Crippen LogP contribution in [0.5, 0.6) is 0 Å². The molecule has 0 fully saturated rings. The van der Waals surface area contributed by atoms with Crippen molar-refractivity contribution in [3.63, 3.8) is 0 Å². The van der Waals surface area contributed by atoms with Gasteiger partial charge in [-0.1, -0.05) is 41.5 Å². The van der Waals surface area contributed by atoms with Crippen molar-refractivity contribution in [2.75, 3.05) is 6.54 Å². The van der Waals surface area contributed by atoms with Gasteiger partial charge in [0, 0.05) is 12.8 Å². The van der Waals surface area contributed by atoms with Crippen LogP contribution in [0.2, 0.25) is 0 Å². The van der Waals surface area contributed by atoms with Crippen molar-refractivity contribution in [3.05, 3.63) is 0 Å². The lowest BCUT2D eigenvalue weighted by Crippen LogP contribution is -2.14. The van der Waals surface area contributed by atoms with Gasteiger partial charge >= 0.3 is 0 Å². The summed E-state index contributed by atoms with van der Waals surface area (Å²) in [6.45, 7) is 14.2. The van der Waals surface area contributed by atoms with Crippen LogP contribution in [0, 0.1) is 10.8 Å². The minimum Gasteiger partial charge on any atom is -0.296 e. The van der Waals surface area contributed by atoms with E-state index in [2.05, 4.69) is 52.7 Å². The van der Waals surface area contributed by atoms with E-state index in [1.165, 1.54) is 0 Å². The van der Waals surface area contributed by atoms with Gasteiger partial charge < -0.3 is 0 Å². The lowest BCUT2D eigenvalue weighted by molar-refractivity contribution is 0.425. The molecule has 0 aromatic heterocycles. The quantitative estimate of drug-likeness (QED) is 0.573. The van der Waals surface area contributed by atoms with Crippen molar-refractivity contribution >= 4 is 6.21 Å². The van der Waals surface area contributed by atoms with Crippen LogP contribution in [0.3, 0.4) is 0 Å². The molecule has 0 aromatic carbocycles. The van der Waals surface area contributed by atoms with Gasteiger partial charge in [-0.3, -0.25) is 4.99 Å². The zero-order chi connectivity index (χ0) is 9.83. The van der Waals surface area contributed by atoms with Gasteiger partial charge in [-0.25, -0.2) is 0 Å². The maximum Gasteiger partial charge on any atom is 0.0434 e. The Balaban J connectivity index is 3.92. The van der Waals surface area contributed by atoms with Gasteiger partial charge in [0.25, 0.3) is 0 Å². The van der Waals surface area contributed by atoms with Gasteiger partial charge in [-0.15, -0.1) is 0 Å². The van der Waals surface area contributed by atoms with Crippen LogP contribution < -0.4 is 0 Å². The summed E-state index contributed by atoms with van der Waals surface area (Å²) in [5.41, 5.74) is 0.589. The Hall–Kier alpha value is -0.330. The molecule has 0 spiro atoms. The highest BCUT2D eigenvalue weighted by Gasteiger charge is 2.12. The van der Waals surface area contributed by atoms with Gasteiger partial charge in [-0.05, 0) is 17.3 Å². The molecule has 1 heteroatoms. The first-order chi connectivity index (χ1) is 5.27. The van der Waals surface area contributed by atoms with Gasteiger partial charge in [0.1, 0.15) is 0 Å². The van der Waals surface area contributed by atoms with Crippen LogP contribution in [0.25, 0.3) is 0 Å². The highest BCUT2D eigenvalue weighted by atomic mass is 14.7. The van der Waals surface area contributed by atoms with E-state index >= 15 is 0 Å². The third-order valence-electron chi connectivity index (χ3n) is 1.92. The first kappa shape index (κ1) is 11.7. The third kappa shape index (κ3) is 6.38. The Bertz CT molecular complexity index is 149. The molecule has 1 nitrogen and oxygen atoms in total. The zero-order valence-corrected chi connectivity index (χ0v) is 9.44. The molecule has 0 atom stereocenters. The molecule has 0 saturated heterocycles. The fourth-order valence-electron chi connectivity index (χ4n) is 0.658. The summed E-state index contributed by atoms with van der Waals surface area (Å²) in [5.74, 6) is 0. The molecular weight excluding hydrogens is 146 g/mol. The molecule has 72 valence electrons. The fourth-order valence-corrected chi connectivity index (χ4v) is 0.658.